The molecular weight excluding hydrogens is 374 g/mol. The minimum Gasteiger partial charge on any atom is -0.306 e. The lowest BCUT2D eigenvalue weighted by Crippen LogP contribution is -2.22. The Balaban J connectivity index is 2.33. The third-order valence-corrected chi connectivity index (χ3v) is 5.12. The minimum atomic E-state index is 0.261. The highest BCUT2D eigenvalue weighted by Crippen LogP contribution is 2.33. The van der Waals surface area contributed by atoms with Crippen LogP contribution in [0.1, 0.15) is 29.8 Å². The highest BCUT2D eigenvalue weighted by atomic mass is 79.9. The van der Waals surface area contributed by atoms with E-state index in [1.807, 2.05) is 0 Å². The normalized spacial score (nSPS) is 12.6. The van der Waals surface area contributed by atoms with Gasteiger partial charge in [0.2, 0.25) is 0 Å². The first-order valence-corrected chi connectivity index (χ1v) is 8.40. The Morgan fingerprint density at radius 3 is 2.72 bits per heavy atom. The van der Waals surface area contributed by atoms with E-state index >= 15 is 0 Å². The summed E-state index contributed by atoms with van der Waals surface area (Å²) in [6.07, 6.45) is 1.13. The van der Waals surface area contributed by atoms with Gasteiger partial charge in [-0.25, -0.2) is 0 Å². The predicted octanol–water partition coefficient (Wildman–Crippen LogP) is 5.36. The van der Waals surface area contributed by atoms with Gasteiger partial charge in [-0.3, -0.25) is 0 Å². The molecule has 1 unspecified atom stereocenters. The first-order chi connectivity index (χ1) is 8.72. The minimum absolute atomic E-state index is 0.261. The molecule has 0 saturated carbocycles. The van der Waals surface area contributed by atoms with Crippen LogP contribution in [0.5, 0.6) is 0 Å². The topological polar surface area (TPSA) is 12.0 Å². The van der Waals surface area contributed by atoms with Crippen molar-refractivity contribution >= 4 is 43.2 Å². The largest absolute Gasteiger partial charge is 0.306 e. The summed E-state index contributed by atoms with van der Waals surface area (Å²) < 4.78 is 2.30. The van der Waals surface area contributed by atoms with Crippen molar-refractivity contribution in [1.29, 1.82) is 0 Å². The molecule has 2 rings (SSSR count). The third-order valence-electron chi connectivity index (χ3n) is 2.69. The lowest BCUT2D eigenvalue weighted by Gasteiger charge is -2.18. The number of thiophene rings is 1. The molecule has 0 fully saturated rings. The van der Waals surface area contributed by atoms with Crippen LogP contribution in [0.2, 0.25) is 0 Å². The molecule has 0 saturated heterocycles. The van der Waals surface area contributed by atoms with E-state index < -0.39 is 0 Å². The number of hydrogen-bond donors (Lipinski definition) is 1. The summed E-state index contributed by atoms with van der Waals surface area (Å²) in [4.78, 5) is 1.33. The Hall–Kier alpha value is -0.160. The van der Waals surface area contributed by atoms with Crippen molar-refractivity contribution in [3.05, 3.63) is 55.1 Å². The standard InChI is InChI=1S/C14H15Br2NS/c1-2-7-17-13(14-12(16)6-8-18-14)10-4-3-5-11(15)9-10/h3-6,8-9,13,17H,2,7H2,1H3. The van der Waals surface area contributed by atoms with Crippen molar-refractivity contribution in [2.45, 2.75) is 19.4 Å². The van der Waals surface area contributed by atoms with Gasteiger partial charge in [-0.15, -0.1) is 11.3 Å². The van der Waals surface area contributed by atoms with E-state index in [2.05, 4.69) is 79.8 Å². The second kappa shape index (κ2) is 6.85. The molecule has 0 bridgehead atoms. The summed E-state index contributed by atoms with van der Waals surface area (Å²) in [5, 5.41) is 5.74. The van der Waals surface area contributed by atoms with Crippen molar-refractivity contribution in [3.8, 4) is 0 Å². The van der Waals surface area contributed by atoms with Crippen molar-refractivity contribution < 1.29 is 0 Å². The monoisotopic (exact) mass is 387 g/mol. The van der Waals surface area contributed by atoms with Crippen LogP contribution in [0.25, 0.3) is 0 Å². The summed E-state index contributed by atoms with van der Waals surface area (Å²) in [5.74, 6) is 0. The fourth-order valence-corrected chi connectivity index (χ4v) is 3.97. The highest BCUT2D eigenvalue weighted by Gasteiger charge is 2.17. The van der Waals surface area contributed by atoms with Crippen molar-refractivity contribution in [2.75, 3.05) is 6.54 Å². The molecule has 0 amide bonds. The van der Waals surface area contributed by atoms with Crippen LogP contribution in [-0.2, 0) is 0 Å². The smallest absolute Gasteiger partial charge is 0.0682 e. The van der Waals surface area contributed by atoms with E-state index in [1.54, 1.807) is 11.3 Å². The molecule has 0 aliphatic heterocycles. The molecular formula is C14H15Br2NS. The first kappa shape index (κ1) is 14.3. The van der Waals surface area contributed by atoms with Crippen LogP contribution < -0.4 is 5.32 Å². The maximum atomic E-state index is 3.63. The molecule has 18 heavy (non-hydrogen) atoms. The average molecular weight is 389 g/mol. The average Bonchev–Trinajstić information content (AvgIpc) is 2.77. The van der Waals surface area contributed by atoms with Crippen LogP contribution >= 0.6 is 43.2 Å². The lowest BCUT2D eigenvalue weighted by atomic mass is 10.1. The maximum absolute atomic E-state index is 3.63. The molecule has 0 aliphatic carbocycles. The molecule has 1 heterocycles. The molecule has 1 nitrogen and oxygen atoms in total. The molecule has 2 aromatic rings. The number of benzene rings is 1. The van der Waals surface area contributed by atoms with E-state index in [1.165, 1.54) is 14.9 Å². The predicted molar refractivity (Wildman–Crippen MR) is 86.3 cm³/mol. The molecule has 1 aromatic heterocycles. The highest BCUT2D eigenvalue weighted by molar-refractivity contribution is 9.10. The zero-order valence-corrected chi connectivity index (χ0v) is 14.1. The molecule has 1 N–H and O–H groups in total. The molecule has 1 aromatic carbocycles. The van der Waals surface area contributed by atoms with Crippen molar-refractivity contribution in [2.24, 2.45) is 0 Å². The zero-order valence-electron chi connectivity index (χ0n) is 10.1. The number of rotatable bonds is 5. The lowest BCUT2D eigenvalue weighted by molar-refractivity contribution is 0.604. The summed E-state index contributed by atoms with van der Waals surface area (Å²) in [6.45, 7) is 3.20. The zero-order chi connectivity index (χ0) is 13.0. The fourth-order valence-electron chi connectivity index (χ4n) is 1.85. The van der Waals surface area contributed by atoms with Crippen molar-refractivity contribution in [1.82, 2.24) is 5.32 Å². The van der Waals surface area contributed by atoms with Gasteiger partial charge in [-0.2, -0.15) is 0 Å². The molecule has 0 aliphatic rings. The Bertz CT molecular complexity index is 510. The number of hydrogen-bond acceptors (Lipinski definition) is 2. The molecule has 1 atom stereocenters. The van der Waals surface area contributed by atoms with Gasteiger partial charge in [-0.05, 0) is 58.0 Å². The van der Waals surface area contributed by atoms with Crippen LogP contribution in [0.4, 0.5) is 0 Å². The van der Waals surface area contributed by atoms with Gasteiger partial charge in [0.25, 0.3) is 0 Å². The quantitative estimate of drug-likeness (QED) is 0.726. The van der Waals surface area contributed by atoms with E-state index in [-0.39, 0.29) is 6.04 Å². The molecule has 0 radical (unpaired) electrons. The summed E-state index contributed by atoms with van der Waals surface area (Å²) >= 11 is 8.96. The van der Waals surface area contributed by atoms with Gasteiger partial charge in [0.05, 0.1) is 6.04 Å². The Morgan fingerprint density at radius 1 is 1.28 bits per heavy atom. The number of nitrogens with one attached hydrogen (secondary N) is 1. The van der Waals surface area contributed by atoms with E-state index in [0.717, 1.165) is 17.4 Å². The summed E-state index contributed by atoms with van der Waals surface area (Å²) in [5.41, 5.74) is 1.29. The molecule has 0 spiro atoms. The van der Waals surface area contributed by atoms with E-state index in [0.29, 0.717) is 0 Å². The van der Waals surface area contributed by atoms with Crippen LogP contribution in [0, 0.1) is 0 Å². The third kappa shape index (κ3) is 3.44. The summed E-state index contributed by atoms with van der Waals surface area (Å²) in [6, 6.07) is 10.9. The number of halogens is 2. The van der Waals surface area contributed by atoms with Gasteiger partial charge in [0.15, 0.2) is 0 Å². The second-order valence-electron chi connectivity index (χ2n) is 4.07. The molecule has 96 valence electrons. The van der Waals surface area contributed by atoms with Gasteiger partial charge in [0, 0.05) is 13.8 Å². The van der Waals surface area contributed by atoms with Crippen molar-refractivity contribution in [3.63, 3.8) is 0 Å². The molecule has 4 heteroatoms. The Labute approximate surface area is 129 Å². The van der Waals surface area contributed by atoms with Gasteiger partial charge in [-0.1, -0.05) is 35.0 Å². The van der Waals surface area contributed by atoms with Gasteiger partial charge < -0.3 is 5.32 Å². The van der Waals surface area contributed by atoms with E-state index in [9.17, 15) is 0 Å². The van der Waals surface area contributed by atoms with Crippen LogP contribution in [0.3, 0.4) is 0 Å². The second-order valence-corrected chi connectivity index (χ2v) is 6.79. The Kier molecular flexibility index (Phi) is 5.42. The first-order valence-electron chi connectivity index (χ1n) is 5.94. The van der Waals surface area contributed by atoms with Crippen LogP contribution in [-0.4, -0.2) is 6.54 Å². The van der Waals surface area contributed by atoms with Gasteiger partial charge >= 0.3 is 0 Å². The SMILES string of the molecule is CCCNC(c1cccc(Br)c1)c1sccc1Br. The fraction of sp³-hybridized carbons (Fsp3) is 0.286. The maximum Gasteiger partial charge on any atom is 0.0682 e. The van der Waals surface area contributed by atoms with Gasteiger partial charge in [0.1, 0.15) is 0 Å². The van der Waals surface area contributed by atoms with Crippen LogP contribution in [0.15, 0.2) is 44.7 Å². The van der Waals surface area contributed by atoms with E-state index in [4.69, 9.17) is 0 Å². The summed E-state index contributed by atoms with van der Waals surface area (Å²) in [7, 11) is 0. The Morgan fingerprint density at radius 2 is 2.11 bits per heavy atom.